The Bertz CT molecular complexity index is 377. The van der Waals surface area contributed by atoms with Crippen LogP contribution in [0, 0.1) is 0 Å². The highest BCUT2D eigenvalue weighted by molar-refractivity contribution is 6.30. The van der Waals surface area contributed by atoms with Crippen molar-refractivity contribution in [2.45, 2.75) is 26.2 Å². The molecule has 0 spiro atoms. The monoisotopic (exact) mass is 279 g/mol. The van der Waals surface area contributed by atoms with Crippen molar-refractivity contribution >= 4 is 11.6 Å². The van der Waals surface area contributed by atoms with Crippen molar-refractivity contribution in [2.75, 3.05) is 13.7 Å². The van der Waals surface area contributed by atoms with Crippen molar-refractivity contribution < 1.29 is 18.3 Å². The first-order valence-electron chi connectivity index (χ1n) is 5.49. The number of halogens is 3. The molecule has 1 aromatic rings. The number of nitrogens with one attached hydrogen (secondary N) is 1. The Labute approximate surface area is 110 Å². The second kappa shape index (κ2) is 7.51. The van der Waals surface area contributed by atoms with Crippen LogP contribution in [0.25, 0.3) is 0 Å². The second-order valence-corrected chi connectivity index (χ2v) is 4.24. The summed E-state index contributed by atoms with van der Waals surface area (Å²) in [6.07, 6.45) is 0.0450. The molecule has 102 valence electrons. The van der Waals surface area contributed by atoms with E-state index in [9.17, 15) is 8.78 Å². The molecule has 0 fully saturated rings. The fourth-order valence-corrected chi connectivity index (χ4v) is 1.59. The van der Waals surface area contributed by atoms with Gasteiger partial charge >= 0.3 is 6.61 Å². The average Bonchev–Trinajstić information content (AvgIpc) is 2.31. The molecule has 0 aliphatic rings. The largest absolute Gasteiger partial charge is 0.434 e. The van der Waals surface area contributed by atoms with Gasteiger partial charge in [-0.2, -0.15) is 8.78 Å². The first kappa shape index (κ1) is 15.1. The van der Waals surface area contributed by atoms with Gasteiger partial charge in [0.2, 0.25) is 0 Å². The average molecular weight is 280 g/mol. The maximum Gasteiger partial charge on any atom is 0.387 e. The SMILES string of the molecule is COC(C)CNCc1cc(Cl)ccc1OC(F)F. The highest BCUT2D eigenvalue weighted by Gasteiger charge is 2.10. The lowest BCUT2D eigenvalue weighted by molar-refractivity contribution is -0.0505. The van der Waals surface area contributed by atoms with Gasteiger partial charge < -0.3 is 14.8 Å². The Morgan fingerprint density at radius 2 is 2.11 bits per heavy atom. The third-order valence-electron chi connectivity index (χ3n) is 2.39. The highest BCUT2D eigenvalue weighted by atomic mass is 35.5. The van der Waals surface area contributed by atoms with Crippen molar-refractivity contribution in [2.24, 2.45) is 0 Å². The number of ether oxygens (including phenoxy) is 2. The summed E-state index contributed by atoms with van der Waals surface area (Å²) in [5.74, 6) is 0.131. The van der Waals surface area contributed by atoms with Gasteiger partial charge in [-0.15, -0.1) is 0 Å². The molecule has 1 aromatic carbocycles. The molecule has 0 bridgehead atoms. The molecule has 0 aliphatic heterocycles. The van der Waals surface area contributed by atoms with Gasteiger partial charge in [0.25, 0.3) is 0 Å². The summed E-state index contributed by atoms with van der Waals surface area (Å²) >= 11 is 5.83. The fraction of sp³-hybridized carbons (Fsp3) is 0.500. The smallest absolute Gasteiger partial charge is 0.387 e. The van der Waals surface area contributed by atoms with E-state index in [0.717, 1.165) is 0 Å². The quantitative estimate of drug-likeness (QED) is 0.832. The molecule has 0 aliphatic carbocycles. The third-order valence-corrected chi connectivity index (χ3v) is 2.62. The summed E-state index contributed by atoms with van der Waals surface area (Å²) in [5.41, 5.74) is 0.589. The molecule has 1 atom stereocenters. The van der Waals surface area contributed by atoms with Crippen LogP contribution in [0.1, 0.15) is 12.5 Å². The number of rotatable bonds is 7. The Morgan fingerprint density at radius 3 is 2.72 bits per heavy atom. The van der Waals surface area contributed by atoms with Crippen LogP contribution < -0.4 is 10.1 Å². The van der Waals surface area contributed by atoms with E-state index < -0.39 is 6.61 Å². The van der Waals surface area contributed by atoms with E-state index in [1.54, 1.807) is 13.2 Å². The summed E-state index contributed by atoms with van der Waals surface area (Å²) in [5, 5.41) is 3.56. The van der Waals surface area contributed by atoms with Gasteiger partial charge in [-0.3, -0.25) is 0 Å². The van der Waals surface area contributed by atoms with Crippen LogP contribution in [-0.2, 0) is 11.3 Å². The first-order chi connectivity index (χ1) is 8.52. The molecule has 0 heterocycles. The van der Waals surface area contributed by atoms with E-state index in [1.807, 2.05) is 6.92 Å². The molecule has 0 aromatic heterocycles. The summed E-state index contributed by atoms with van der Waals surface area (Å²) in [7, 11) is 1.61. The Kier molecular flexibility index (Phi) is 6.32. The predicted octanol–water partition coefficient (Wildman–Crippen LogP) is 3.07. The van der Waals surface area contributed by atoms with E-state index in [2.05, 4.69) is 10.1 Å². The Balaban J connectivity index is 2.64. The van der Waals surface area contributed by atoms with Gasteiger partial charge in [0.05, 0.1) is 6.10 Å². The third kappa shape index (κ3) is 5.16. The van der Waals surface area contributed by atoms with E-state index in [-0.39, 0.29) is 11.9 Å². The van der Waals surface area contributed by atoms with Crippen molar-refractivity contribution in [1.82, 2.24) is 5.32 Å². The number of methoxy groups -OCH3 is 1. The van der Waals surface area contributed by atoms with Crippen molar-refractivity contribution in [3.8, 4) is 5.75 Å². The van der Waals surface area contributed by atoms with Gasteiger partial charge in [0.15, 0.2) is 0 Å². The van der Waals surface area contributed by atoms with Crippen molar-refractivity contribution in [3.05, 3.63) is 28.8 Å². The standard InChI is InChI=1S/C12H16ClF2NO2/c1-8(17-2)6-16-7-9-5-10(13)3-4-11(9)18-12(14)15/h3-5,8,12,16H,6-7H2,1-2H3. The second-order valence-electron chi connectivity index (χ2n) is 3.81. The lowest BCUT2D eigenvalue weighted by atomic mass is 10.2. The van der Waals surface area contributed by atoms with Crippen LogP contribution in [0.4, 0.5) is 8.78 Å². The lowest BCUT2D eigenvalue weighted by Gasteiger charge is -2.14. The topological polar surface area (TPSA) is 30.5 Å². The van der Waals surface area contributed by atoms with Crippen LogP contribution in [0.5, 0.6) is 5.75 Å². The molecule has 0 saturated carbocycles. The molecular weight excluding hydrogens is 264 g/mol. The maximum atomic E-state index is 12.2. The first-order valence-corrected chi connectivity index (χ1v) is 5.87. The van der Waals surface area contributed by atoms with E-state index >= 15 is 0 Å². The summed E-state index contributed by atoms with van der Waals surface area (Å²) < 4.78 is 33.9. The van der Waals surface area contributed by atoms with Crippen molar-refractivity contribution in [1.29, 1.82) is 0 Å². The minimum Gasteiger partial charge on any atom is -0.434 e. The zero-order valence-corrected chi connectivity index (χ0v) is 11.0. The zero-order chi connectivity index (χ0) is 13.5. The zero-order valence-electron chi connectivity index (χ0n) is 10.3. The van der Waals surface area contributed by atoms with Crippen LogP contribution >= 0.6 is 11.6 Å². The predicted molar refractivity (Wildman–Crippen MR) is 66.3 cm³/mol. The van der Waals surface area contributed by atoms with Crippen LogP contribution in [0.2, 0.25) is 5.02 Å². The van der Waals surface area contributed by atoms with Gasteiger partial charge in [-0.1, -0.05) is 11.6 Å². The van der Waals surface area contributed by atoms with Crippen LogP contribution in [-0.4, -0.2) is 26.4 Å². The molecule has 1 rings (SSSR count). The summed E-state index contributed by atoms with van der Waals surface area (Å²) in [6, 6.07) is 4.55. The fourth-order valence-electron chi connectivity index (χ4n) is 1.39. The summed E-state index contributed by atoms with van der Waals surface area (Å²) in [4.78, 5) is 0. The molecule has 6 heteroatoms. The van der Waals surface area contributed by atoms with Gasteiger partial charge in [0, 0.05) is 30.8 Å². The van der Waals surface area contributed by atoms with Gasteiger partial charge in [-0.05, 0) is 25.1 Å². The summed E-state index contributed by atoms with van der Waals surface area (Å²) in [6.45, 7) is 0.0532. The van der Waals surface area contributed by atoms with Gasteiger partial charge in [0.1, 0.15) is 5.75 Å². The minimum absolute atomic E-state index is 0.0450. The lowest BCUT2D eigenvalue weighted by Crippen LogP contribution is -2.25. The van der Waals surface area contributed by atoms with E-state index in [1.165, 1.54) is 12.1 Å². The molecule has 0 amide bonds. The Hall–Kier alpha value is -0.910. The maximum absolute atomic E-state index is 12.2. The highest BCUT2D eigenvalue weighted by Crippen LogP contribution is 2.24. The van der Waals surface area contributed by atoms with Crippen molar-refractivity contribution in [3.63, 3.8) is 0 Å². The van der Waals surface area contributed by atoms with Crippen LogP contribution in [0.15, 0.2) is 18.2 Å². The van der Waals surface area contributed by atoms with E-state index in [0.29, 0.717) is 23.7 Å². The van der Waals surface area contributed by atoms with E-state index in [4.69, 9.17) is 16.3 Å². The number of alkyl halides is 2. The minimum atomic E-state index is -2.84. The number of hydrogen-bond acceptors (Lipinski definition) is 3. The molecule has 18 heavy (non-hydrogen) atoms. The molecule has 0 saturated heterocycles. The molecule has 1 unspecified atom stereocenters. The molecule has 0 radical (unpaired) electrons. The van der Waals surface area contributed by atoms with Crippen LogP contribution in [0.3, 0.4) is 0 Å². The normalized spacial score (nSPS) is 12.8. The molecule has 3 nitrogen and oxygen atoms in total. The number of benzene rings is 1. The molecule has 1 N–H and O–H groups in total. The number of hydrogen-bond donors (Lipinski definition) is 1. The molecular formula is C12H16ClF2NO2. The Morgan fingerprint density at radius 1 is 1.39 bits per heavy atom. The van der Waals surface area contributed by atoms with Gasteiger partial charge in [-0.25, -0.2) is 0 Å².